The standard InChI is InChI=1S/C20H30O5Si/c1-20(2,3)26(4,5)23-13-16-18(19-15(24-16)11-17(21)25-19)22-12-14-9-7-6-8-10-14/h6-10,15-16,18-19H,11-13H2,1-5H3/t15-,16+,18-,19+/m0/s1. The van der Waals surface area contributed by atoms with E-state index in [0.29, 0.717) is 19.6 Å². The number of ether oxygens (including phenoxy) is 3. The van der Waals surface area contributed by atoms with Gasteiger partial charge in [0.15, 0.2) is 14.4 Å². The van der Waals surface area contributed by atoms with Gasteiger partial charge in [-0.05, 0) is 23.7 Å². The van der Waals surface area contributed by atoms with Crippen LogP contribution in [0.1, 0.15) is 32.8 Å². The van der Waals surface area contributed by atoms with Crippen molar-refractivity contribution in [2.75, 3.05) is 6.61 Å². The van der Waals surface area contributed by atoms with E-state index in [1.165, 1.54) is 0 Å². The molecule has 3 rings (SSSR count). The molecule has 1 aromatic carbocycles. The normalized spacial score (nSPS) is 28.9. The predicted molar refractivity (Wildman–Crippen MR) is 101 cm³/mol. The zero-order valence-electron chi connectivity index (χ0n) is 16.4. The first-order valence-electron chi connectivity index (χ1n) is 9.32. The predicted octanol–water partition coefficient (Wildman–Crippen LogP) is 3.68. The van der Waals surface area contributed by atoms with E-state index in [1.807, 2.05) is 30.3 Å². The van der Waals surface area contributed by atoms with Crippen LogP contribution in [0.15, 0.2) is 30.3 Å². The second kappa shape index (κ2) is 7.42. The molecule has 5 nitrogen and oxygen atoms in total. The fourth-order valence-corrected chi connectivity index (χ4v) is 4.10. The lowest BCUT2D eigenvalue weighted by molar-refractivity contribution is -0.149. The molecule has 0 amide bonds. The summed E-state index contributed by atoms with van der Waals surface area (Å²) >= 11 is 0. The van der Waals surface area contributed by atoms with E-state index < -0.39 is 8.32 Å². The molecule has 0 bridgehead atoms. The molecule has 0 aliphatic carbocycles. The highest BCUT2D eigenvalue weighted by Gasteiger charge is 2.53. The lowest BCUT2D eigenvalue weighted by Crippen LogP contribution is -2.45. The number of hydrogen-bond acceptors (Lipinski definition) is 5. The summed E-state index contributed by atoms with van der Waals surface area (Å²) in [6.45, 7) is 12.0. The van der Waals surface area contributed by atoms with Crippen LogP contribution in [0.3, 0.4) is 0 Å². The Kier molecular flexibility index (Phi) is 5.58. The quantitative estimate of drug-likeness (QED) is 0.558. The van der Waals surface area contributed by atoms with Crippen molar-refractivity contribution in [3.63, 3.8) is 0 Å². The van der Waals surface area contributed by atoms with Crippen molar-refractivity contribution >= 4 is 14.3 Å². The minimum Gasteiger partial charge on any atom is -0.457 e. The van der Waals surface area contributed by atoms with Crippen molar-refractivity contribution in [2.24, 2.45) is 0 Å². The van der Waals surface area contributed by atoms with Gasteiger partial charge in [-0.1, -0.05) is 51.1 Å². The van der Waals surface area contributed by atoms with Gasteiger partial charge >= 0.3 is 5.97 Å². The zero-order valence-corrected chi connectivity index (χ0v) is 17.4. The molecule has 0 saturated carbocycles. The van der Waals surface area contributed by atoms with E-state index in [-0.39, 0.29) is 35.4 Å². The van der Waals surface area contributed by atoms with Crippen LogP contribution in [-0.4, -0.2) is 45.3 Å². The Bertz CT molecular complexity index is 625. The topological polar surface area (TPSA) is 54.0 Å². The lowest BCUT2D eigenvalue weighted by atomic mass is 10.1. The van der Waals surface area contributed by atoms with Gasteiger partial charge in [-0.3, -0.25) is 4.79 Å². The SMILES string of the molecule is CC(C)(C)[Si](C)(C)OC[C@H]1O[C@H]2CC(=O)O[C@H]2[C@H]1OCc1ccccc1. The van der Waals surface area contributed by atoms with Gasteiger partial charge in [0.2, 0.25) is 0 Å². The highest BCUT2D eigenvalue weighted by molar-refractivity contribution is 6.74. The van der Waals surface area contributed by atoms with Crippen LogP contribution in [0.25, 0.3) is 0 Å². The van der Waals surface area contributed by atoms with Crippen LogP contribution in [0, 0.1) is 0 Å². The van der Waals surface area contributed by atoms with Crippen LogP contribution in [0.4, 0.5) is 0 Å². The molecule has 0 N–H and O–H groups in total. The van der Waals surface area contributed by atoms with Crippen LogP contribution in [-0.2, 0) is 30.0 Å². The molecule has 1 aromatic rings. The summed E-state index contributed by atoms with van der Waals surface area (Å²) in [7, 11) is -1.88. The van der Waals surface area contributed by atoms with Crippen molar-refractivity contribution in [3.8, 4) is 0 Å². The largest absolute Gasteiger partial charge is 0.457 e. The number of rotatable bonds is 6. The number of carbonyl (C=O) groups is 1. The number of esters is 1. The van der Waals surface area contributed by atoms with E-state index >= 15 is 0 Å². The molecule has 26 heavy (non-hydrogen) atoms. The minimum absolute atomic E-state index is 0.133. The number of fused-ring (bicyclic) bond motifs is 1. The Labute approximate surface area is 157 Å². The van der Waals surface area contributed by atoms with E-state index in [1.54, 1.807) is 0 Å². The molecule has 0 radical (unpaired) electrons. The fraction of sp³-hybridized carbons (Fsp3) is 0.650. The molecule has 0 unspecified atom stereocenters. The smallest absolute Gasteiger partial charge is 0.309 e. The maximum absolute atomic E-state index is 11.6. The van der Waals surface area contributed by atoms with Crippen molar-refractivity contribution < 1.29 is 23.4 Å². The maximum atomic E-state index is 11.6. The van der Waals surface area contributed by atoms with Crippen LogP contribution in [0.5, 0.6) is 0 Å². The maximum Gasteiger partial charge on any atom is 0.309 e. The third kappa shape index (κ3) is 4.19. The Balaban J connectivity index is 1.66. The van der Waals surface area contributed by atoms with Gasteiger partial charge in [0, 0.05) is 0 Å². The summed E-state index contributed by atoms with van der Waals surface area (Å²) < 4.78 is 24.1. The first-order valence-corrected chi connectivity index (χ1v) is 12.2. The van der Waals surface area contributed by atoms with Gasteiger partial charge in [0.05, 0.1) is 19.6 Å². The Morgan fingerprint density at radius 2 is 1.88 bits per heavy atom. The van der Waals surface area contributed by atoms with Gasteiger partial charge in [0.1, 0.15) is 18.3 Å². The first kappa shape index (κ1) is 19.5. The van der Waals surface area contributed by atoms with Gasteiger partial charge in [-0.15, -0.1) is 0 Å². The molecular weight excluding hydrogens is 348 g/mol. The highest BCUT2D eigenvalue weighted by Crippen LogP contribution is 2.39. The summed E-state index contributed by atoms with van der Waals surface area (Å²) in [6, 6.07) is 10.00. The van der Waals surface area contributed by atoms with E-state index in [0.717, 1.165) is 5.56 Å². The van der Waals surface area contributed by atoms with Gasteiger partial charge in [0.25, 0.3) is 0 Å². The fourth-order valence-electron chi connectivity index (χ4n) is 3.08. The molecule has 144 valence electrons. The summed E-state index contributed by atoms with van der Waals surface area (Å²) in [5, 5.41) is 0.133. The van der Waals surface area contributed by atoms with Crippen molar-refractivity contribution in [3.05, 3.63) is 35.9 Å². The second-order valence-corrected chi connectivity index (χ2v) is 13.5. The summed E-state index contributed by atoms with van der Waals surface area (Å²) in [5.41, 5.74) is 1.09. The number of hydrogen-bond donors (Lipinski definition) is 0. The summed E-state index contributed by atoms with van der Waals surface area (Å²) in [4.78, 5) is 11.6. The van der Waals surface area contributed by atoms with Crippen molar-refractivity contribution in [1.29, 1.82) is 0 Å². The van der Waals surface area contributed by atoms with Gasteiger partial charge in [-0.2, -0.15) is 0 Å². The van der Waals surface area contributed by atoms with E-state index in [9.17, 15) is 4.79 Å². The average molecular weight is 379 g/mol. The van der Waals surface area contributed by atoms with Crippen molar-refractivity contribution in [2.45, 2.75) is 76.3 Å². The summed E-state index contributed by atoms with van der Waals surface area (Å²) in [6.07, 6.45) is -0.769. The third-order valence-electron chi connectivity index (χ3n) is 5.74. The molecule has 6 heteroatoms. The van der Waals surface area contributed by atoms with Crippen molar-refractivity contribution in [1.82, 2.24) is 0 Å². The van der Waals surface area contributed by atoms with E-state index in [2.05, 4.69) is 33.9 Å². The molecule has 2 heterocycles. The minimum atomic E-state index is -1.88. The molecule has 2 aliphatic heterocycles. The van der Waals surface area contributed by atoms with Crippen LogP contribution >= 0.6 is 0 Å². The molecule has 2 aliphatic rings. The Hall–Kier alpha value is -1.21. The zero-order chi connectivity index (χ0) is 18.9. The number of carbonyl (C=O) groups excluding carboxylic acids is 1. The molecule has 2 saturated heterocycles. The van der Waals surface area contributed by atoms with Gasteiger partial charge in [-0.25, -0.2) is 0 Å². The molecule has 4 atom stereocenters. The monoisotopic (exact) mass is 378 g/mol. The average Bonchev–Trinajstić information content (AvgIpc) is 3.07. The van der Waals surface area contributed by atoms with E-state index in [4.69, 9.17) is 18.6 Å². The highest BCUT2D eigenvalue weighted by atomic mass is 28.4. The third-order valence-corrected chi connectivity index (χ3v) is 10.2. The molecule has 2 fully saturated rings. The number of benzene rings is 1. The van der Waals surface area contributed by atoms with Crippen LogP contribution in [0.2, 0.25) is 18.1 Å². The van der Waals surface area contributed by atoms with Gasteiger partial charge < -0.3 is 18.6 Å². The first-order chi connectivity index (χ1) is 12.2. The molecule has 0 spiro atoms. The lowest BCUT2D eigenvalue weighted by Gasteiger charge is -2.37. The second-order valence-electron chi connectivity index (χ2n) is 8.70. The summed E-state index contributed by atoms with van der Waals surface area (Å²) in [5.74, 6) is -0.211. The Morgan fingerprint density at radius 3 is 2.54 bits per heavy atom. The Morgan fingerprint density at radius 1 is 1.19 bits per heavy atom. The molecular formula is C20H30O5Si. The molecule has 0 aromatic heterocycles. The van der Waals surface area contributed by atoms with Crippen LogP contribution < -0.4 is 0 Å².